The zero-order chi connectivity index (χ0) is 25.1. The van der Waals surface area contributed by atoms with Gasteiger partial charge < -0.3 is 19.9 Å². The number of halogens is 2. The molecule has 2 aliphatic rings. The second-order valence-electron chi connectivity index (χ2n) is 7.93. The lowest BCUT2D eigenvalue weighted by Crippen LogP contribution is -2.52. The van der Waals surface area contributed by atoms with Crippen molar-refractivity contribution in [3.05, 3.63) is 57.5 Å². The second kappa shape index (κ2) is 10.6. The van der Waals surface area contributed by atoms with Crippen LogP contribution in [-0.2, 0) is 26.1 Å². The van der Waals surface area contributed by atoms with E-state index in [4.69, 9.17) is 14.5 Å². The van der Waals surface area contributed by atoms with Gasteiger partial charge in [0.2, 0.25) is 5.82 Å². The Hall–Kier alpha value is -3.16. The third-order valence-electron chi connectivity index (χ3n) is 5.58. The molecule has 0 bridgehead atoms. The molecular formula is C22H24BrFN6O5. The fourth-order valence-corrected chi connectivity index (χ4v) is 4.50. The molecule has 35 heavy (non-hydrogen) atoms. The number of carbonyl (C=O) groups excluding carboxylic acids is 1. The molecule has 2 aromatic rings. The number of hydrogen-bond acceptors (Lipinski definition) is 9. The van der Waals surface area contributed by atoms with E-state index >= 15 is 0 Å². The van der Waals surface area contributed by atoms with Crippen LogP contribution >= 0.6 is 15.9 Å². The van der Waals surface area contributed by atoms with E-state index in [-0.39, 0.29) is 37.0 Å². The molecule has 4 rings (SSSR count). The van der Waals surface area contributed by atoms with E-state index in [0.717, 1.165) is 0 Å². The highest BCUT2D eigenvalue weighted by molar-refractivity contribution is 9.10. The fraction of sp³-hybridized carbons (Fsp3) is 0.409. The van der Waals surface area contributed by atoms with Crippen LogP contribution in [0.4, 0.5) is 4.39 Å². The Kier molecular flexibility index (Phi) is 7.57. The van der Waals surface area contributed by atoms with Crippen LogP contribution in [0, 0.1) is 5.82 Å². The normalized spacial score (nSPS) is 20.9. The summed E-state index contributed by atoms with van der Waals surface area (Å²) in [6.07, 6.45) is 1.51. The summed E-state index contributed by atoms with van der Waals surface area (Å²) in [5, 5.41) is 17.1. The number of aryl methyl sites for hydroxylation is 1. The summed E-state index contributed by atoms with van der Waals surface area (Å²) in [5.41, 5.74) is 1.11. The quantitative estimate of drug-likeness (QED) is 0.491. The van der Waals surface area contributed by atoms with Crippen LogP contribution in [0.5, 0.6) is 0 Å². The second-order valence-corrected chi connectivity index (χ2v) is 8.78. The summed E-state index contributed by atoms with van der Waals surface area (Å²) >= 11 is 3.38. The lowest BCUT2D eigenvalue weighted by atomic mass is 9.95. The van der Waals surface area contributed by atoms with Gasteiger partial charge in [0.05, 0.1) is 25.4 Å². The molecule has 2 N–H and O–H groups in total. The van der Waals surface area contributed by atoms with E-state index in [0.29, 0.717) is 28.9 Å². The molecule has 0 spiro atoms. The van der Waals surface area contributed by atoms with Crippen molar-refractivity contribution in [2.45, 2.75) is 19.0 Å². The van der Waals surface area contributed by atoms with Crippen LogP contribution in [0.25, 0.3) is 0 Å². The number of hydrogen-bond donors (Lipinski definition) is 2. The molecule has 1 saturated heterocycles. The van der Waals surface area contributed by atoms with Crippen LogP contribution in [0.2, 0.25) is 0 Å². The molecule has 11 nitrogen and oxygen atoms in total. The number of rotatable bonds is 7. The minimum absolute atomic E-state index is 0.0209. The minimum atomic E-state index is -1.03. The third kappa shape index (κ3) is 5.41. The Balaban J connectivity index is 1.84. The Morgan fingerprint density at radius 3 is 2.86 bits per heavy atom. The molecule has 2 unspecified atom stereocenters. The van der Waals surface area contributed by atoms with Crippen LogP contribution in [-0.4, -0.2) is 81.5 Å². The molecule has 1 aromatic carbocycles. The number of nitrogens with one attached hydrogen (secondary N) is 1. The van der Waals surface area contributed by atoms with Crippen molar-refractivity contribution in [1.82, 2.24) is 25.0 Å². The van der Waals surface area contributed by atoms with Crippen LogP contribution < -0.4 is 5.32 Å². The number of amidine groups is 1. The molecule has 2 atom stereocenters. The van der Waals surface area contributed by atoms with Gasteiger partial charge in [-0.2, -0.15) is 0 Å². The van der Waals surface area contributed by atoms with E-state index in [1.807, 2.05) is 0 Å². The van der Waals surface area contributed by atoms with Crippen LogP contribution in [0.3, 0.4) is 0 Å². The van der Waals surface area contributed by atoms with E-state index in [2.05, 4.69) is 31.3 Å². The van der Waals surface area contributed by atoms with E-state index in [1.165, 1.54) is 29.2 Å². The highest BCUT2D eigenvalue weighted by Gasteiger charge is 2.37. The highest BCUT2D eigenvalue weighted by atomic mass is 79.9. The lowest BCUT2D eigenvalue weighted by molar-refractivity contribution is -0.149. The Morgan fingerprint density at radius 1 is 1.40 bits per heavy atom. The Morgan fingerprint density at radius 2 is 2.20 bits per heavy atom. The number of carboxylic acid groups (broad SMARTS) is 1. The average Bonchev–Trinajstić information content (AvgIpc) is 3.25. The molecule has 1 fully saturated rings. The van der Waals surface area contributed by atoms with Crippen LogP contribution in [0.15, 0.2) is 45.3 Å². The number of aromatic nitrogens is 3. The first-order valence-electron chi connectivity index (χ1n) is 10.9. The first-order chi connectivity index (χ1) is 16.8. The summed E-state index contributed by atoms with van der Waals surface area (Å²) in [4.78, 5) is 35.7. The van der Waals surface area contributed by atoms with Crippen molar-refractivity contribution in [3.8, 4) is 0 Å². The molecular weight excluding hydrogens is 527 g/mol. The number of benzene rings is 1. The zero-order valence-corrected chi connectivity index (χ0v) is 20.7. The average molecular weight is 551 g/mol. The SMILES string of the molecule is CCOC(=O)C1=C(CN2CCOCC2C(=O)O)NC(c2ncn(C)n2)=NC1c1ccc(F)cc1Br. The van der Waals surface area contributed by atoms with Gasteiger partial charge in [0, 0.05) is 30.3 Å². The summed E-state index contributed by atoms with van der Waals surface area (Å²) in [5.74, 6) is -1.53. The molecule has 0 saturated carbocycles. The number of carbonyl (C=O) groups is 2. The number of nitrogens with zero attached hydrogens (tertiary/aromatic N) is 5. The maximum atomic E-state index is 13.9. The number of morpholine rings is 1. The topological polar surface area (TPSA) is 131 Å². The first kappa shape index (κ1) is 24.9. The van der Waals surface area contributed by atoms with Crippen LogP contribution in [0.1, 0.15) is 24.4 Å². The largest absolute Gasteiger partial charge is 0.480 e. The van der Waals surface area contributed by atoms with Gasteiger partial charge in [-0.1, -0.05) is 22.0 Å². The van der Waals surface area contributed by atoms with Gasteiger partial charge in [-0.3, -0.25) is 19.4 Å². The Bertz CT molecular complexity index is 1200. The van der Waals surface area contributed by atoms with Gasteiger partial charge in [-0.15, -0.1) is 5.10 Å². The fourth-order valence-electron chi connectivity index (χ4n) is 3.94. The summed E-state index contributed by atoms with van der Waals surface area (Å²) < 4.78 is 26.5. The smallest absolute Gasteiger partial charge is 0.338 e. The maximum Gasteiger partial charge on any atom is 0.338 e. The van der Waals surface area contributed by atoms with Crippen molar-refractivity contribution in [2.24, 2.45) is 12.0 Å². The monoisotopic (exact) mass is 550 g/mol. The molecule has 0 aliphatic carbocycles. The predicted molar refractivity (Wildman–Crippen MR) is 125 cm³/mol. The van der Waals surface area contributed by atoms with Gasteiger partial charge in [-0.25, -0.2) is 14.2 Å². The molecule has 186 valence electrons. The van der Waals surface area contributed by atoms with Gasteiger partial charge in [0.25, 0.3) is 0 Å². The number of esters is 1. The number of carboxylic acids is 1. The van der Waals surface area contributed by atoms with Gasteiger partial charge in [-0.05, 0) is 24.6 Å². The van der Waals surface area contributed by atoms with Crippen molar-refractivity contribution < 1.29 is 28.6 Å². The van der Waals surface area contributed by atoms with Gasteiger partial charge in [0.15, 0.2) is 5.84 Å². The van der Waals surface area contributed by atoms with Crippen molar-refractivity contribution >= 4 is 33.7 Å². The maximum absolute atomic E-state index is 13.9. The standard InChI is InChI=1S/C22H24BrFN6O5/c1-3-35-22(33)17-15(9-30-6-7-34-10-16(30)21(31)32)26-20(19-25-11-29(2)28-19)27-18(17)13-5-4-12(24)8-14(13)23/h4-5,8,11,16,18H,3,6-7,9-10H2,1-2H3,(H,26,27)(H,31,32). The van der Waals surface area contributed by atoms with Gasteiger partial charge >= 0.3 is 11.9 Å². The van der Waals surface area contributed by atoms with E-state index < -0.39 is 29.8 Å². The minimum Gasteiger partial charge on any atom is -0.480 e. The molecule has 0 amide bonds. The third-order valence-corrected chi connectivity index (χ3v) is 6.26. The molecule has 1 aromatic heterocycles. The van der Waals surface area contributed by atoms with E-state index in [9.17, 15) is 19.1 Å². The molecule has 3 heterocycles. The number of ether oxygens (including phenoxy) is 2. The van der Waals surface area contributed by atoms with Crippen molar-refractivity contribution in [1.29, 1.82) is 0 Å². The molecule has 0 radical (unpaired) electrons. The lowest BCUT2D eigenvalue weighted by Gasteiger charge is -2.35. The van der Waals surface area contributed by atoms with Crippen molar-refractivity contribution in [3.63, 3.8) is 0 Å². The van der Waals surface area contributed by atoms with E-state index in [1.54, 1.807) is 18.9 Å². The first-order valence-corrected chi connectivity index (χ1v) is 11.7. The molecule has 2 aliphatic heterocycles. The molecule has 13 heteroatoms. The number of aliphatic imine (C=N–C) groups is 1. The predicted octanol–water partition coefficient (Wildman–Crippen LogP) is 1.41. The summed E-state index contributed by atoms with van der Waals surface area (Å²) in [6.45, 7) is 2.61. The summed E-state index contributed by atoms with van der Waals surface area (Å²) in [7, 11) is 1.71. The highest BCUT2D eigenvalue weighted by Crippen LogP contribution is 2.36. The zero-order valence-electron chi connectivity index (χ0n) is 19.1. The summed E-state index contributed by atoms with van der Waals surface area (Å²) in [6, 6.07) is 2.32. The van der Waals surface area contributed by atoms with Gasteiger partial charge in [0.1, 0.15) is 24.2 Å². The number of aliphatic carboxylic acids is 1. The van der Waals surface area contributed by atoms with Crippen molar-refractivity contribution in [2.75, 3.05) is 32.9 Å². The Labute approximate surface area is 208 Å².